The predicted octanol–water partition coefficient (Wildman–Crippen LogP) is 3.43. The average molecular weight is 561 g/mol. The maximum atomic E-state index is 13.4. The van der Waals surface area contributed by atoms with E-state index in [0.717, 1.165) is 20.6 Å². The molecule has 0 aliphatic carbocycles. The molecule has 2 rings (SSSR count). The summed E-state index contributed by atoms with van der Waals surface area (Å²) < 4.78 is 32.4. The Bertz CT molecular complexity index is 1100. The molecule has 180 valence electrons. The molecule has 1 unspecified atom stereocenters. The lowest BCUT2D eigenvalue weighted by Crippen LogP contribution is -2.51. The van der Waals surface area contributed by atoms with Crippen LogP contribution in [0.4, 0.5) is 5.69 Å². The molecule has 8 nitrogen and oxygen atoms in total. The van der Waals surface area contributed by atoms with Crippen LogP contribution in [0.5, 0.6) is 5.75 Å². The third-order valence-corrected chi connectivity index (χ3v) is 6.76. The summed E-state index contributed by atoms with van der Waals surface area (Å²) in [4.78, 5) is 27.3. The maximum absolute atomic E-state index is 13.4. The molecule has 11 heteroatoms. The zero-order valence-corrected chi connectivity index (χ0v) is 22.0. The molecule has 1 atom stereocenters. The van der Waals surface area contributed by atoms with Gasteiger partial charge in [-0.05, 0) is 49.7 Å². The van der Waals surface area contributed by atoms with Crippen molar-refractivity contribution in [2.24, 2.45) is 0 Å². The number of likely N-dealkylation sites (N-methyl/N-ethyl adjacent to an activating group) is 1. The first-order valence-corrected chi connectivity index (χ1v) is 13.1. The van der Waals surface area contributed by atoms with Crippen LogP contribution in [0.3, 0.4) is 0 Å². The first-order chi connectivity index (χ1) is 15.5. The number of ether oxygens (including phenoxy) is 1. The van der Waals surface area contributed by atoms with Crippen LogP contribution in [-0.4, -0.2) is 57.6 Å². The number of methoxy groups -OCH3 is 1. The monoisotopic (exact) mass is 559 g/mol. The van der Waals surface area contributed by atoms with Gasteiger partial charge in [0.1, 0.15) is 18.3 Å². The molecule has 0 aliphatic heterocycles. The molecule has 1 N–H and O–H groups in total. The molecule has 0 heterocycles. The highest BCUT2D eigenvalue weighted by Crippen LogP contribution is 2.33. The molecular formula is C22H27BrClN3O5S. The lowest BCUT2D eigenvalue weighted by atomic mass is 10.1. The summed E-state index contributed by atoms with van der Waals surface area (Å²) >= 11 is 9.46. The summed E-state index contributed by atoms with van der Waals surface area (Å²) in [6, 6.07) is 11.0. The Hall–Kier alpha value is -2.30. The van der Waals surface area contributed by atoms with E-state index in [9.17, 15) is 18.0 Å². The van der Waals surface area contributed by atoms with Crippen molar-refractivity contribution in [1.29, 1.82) is 0 Å². The Morgan fingerprint density at radius 2 is 1.82 bits per heavy atom. The first kappa shape index (κ1) is 26.9. The topological polar surface area (TPSA) is 96.0 Å². The smallest absolute Gasteiger partial charge is 0.244 e. The number of anilines is 1. The van der Waals surface area contributed by atoms with Crippen LogP contribution >= 0.6 is 27.5 Å². The number of amides is 2. The van der Waals surface area contributed by atoms with Crippen molar-refractivity contribution in [3.63, 3.8) is 0 Å². The van der Waals surface area contributed by atoms with Crippen LogP contribution in [-0.2, 0) is 26.2 Å². The lowest BCUT2D eigenvalue weighted by Gasteiger charge is -2.31. The number of halogens is 2. The zero-order valence-electron chi connectivity index (χ0n) is 18.8. The second-order valence-corrected chi connectivity index (χ2v) is 10.6. The molecule has 0 spiro atoms. The van der Waals surface area contributed by atoms with E-state index in [1.165, 1.54) is 24.1 Å². The van der Waals surface area contributed by atoms with Gasteiger partial charge < -0.3 is 15.0 Å². The van der Waals surface area contributed by atoms with Crippen molar-refractivity contribution >= 4 is 55.1 Å². The van der Waals surface area contributed by atoms with Gasteiger partial charge in [0, 0.05) is 22.6 Å². The summed E-state index contributed by atoms with van der Waals surface area (Å²) in [7, 11) is -2.50. The second kappa shape index (κ2) is 11.7. The van der Waals surface area contributed by atoms with Gasteiger partial charge in [-0.1, -0.05) is 39.7 Å². The van der Waals surface area contributed by atoms with E-state index < -0.39 is 28.5 Å². The van der Waals surface area contributed by atoms with Gasteiger partial charge in [0.25, 0.3) is 0 Å². The van der Waals surface area contributed by atoms with Crippen LogP contribution in [0.2, 0.25) is 5.02 Å². The second-order valence-electron chi connectivity index (χ2n) is 7.30. The van der Waals surface area contributed by atoms with E-state index in [0.29, 0.717) is 6.54 Å². The molecule has 33 heavy (non-hydrogen) atoms. The summed E-state index contributed by atoms with van der Waals surface area (Å²) in [5.74, 6) is -0.646. The molecule has 0 saturated heterocycles. The summed E-state index contributed by atoms with van der Waals surface area (Å²) in [5.41, 5.74) is 0.920. The van der Waals surface area contributed by atoms with Crippen molar-refractivity contribution in [1.82, 2.24) is 10.2 Å². The highest BCUT2D eigenvalue weighted by molar-refractivity contribution is 9.10. The number of rotatable bonds is 10. The zero-order chi connectivity index (χ0) is 24.8. The van der Waals surface area contributed by atoms with Crippen molar-refractivity contribution in [3.05, 3.63) is 57.5 Å². The van der Waals surface area contributed by atoms with Gasteiger partial charge in [-0.25, -0.2) is 8.42 Å². The summed E-state index contributed by atoms with van der Waals surface area (Å²) in [6.07, 6.45) is 0.993. The molecule has 2 aromatic rings. The SMILES string of the molecule is CCNC(=O)C(C)N(Cc1ccc(Br)cc1)C(=O)CN(c1cc(Cl)ccc1OC)S(C)(=O)=O. The van der Waals surface area contributed by atoms with Crippen molar-refractivity contribution < 1.29 is 22.7 Å². The van der Waals surface area contributed by atoms with Crippen molar-refractivity contribution in [2.45, 2.75) is 26.4 Å². The van der Waals surface area contributed by atoms with Gasteiger partial charge in [0.2, 0.25) is 21.8 Å². The summed E-state index contributed by atoms with van der Waals surface area (Å²) in [6.45, 7) is 3.37. The van der Waals surface area contributed by atoms with Crippen LogP contribution in [0.1, 0.15) is 19.4 Å². The van der Waals surface area contributed by atoms with Crippen molar-refractivity contribution in [2.75, 3.05) is 30.8 Å². The number of benzene rings is 2. The first-order valence-electron chi connectivity index (χ1n) is 10.1. The quantitative estimate of drug-likeness (QED) is 0.480. The molecule has 2 amide bonds. The Morgan fingerprint density at radius 1 is 1.18 bits per heavy atom. The van der Waals surface area contributed by atoms with E-state index in [4.69, 9.17) is 16.3 Å². The molecule has 0 fully saturated rings. The van der Waals surface area contributed by atoms with Crippen molar-refractivity contribution in [3.8, 4) is 5.75 Å². The normalized spacial score (nSPS) is 12.1. The molecule has 0 aromatic heterocycles. The molecule has 0 radical (unpaired) electrons. The number of carbonyl (C=O) groups is 2. The Labute approximate surface area is 208 Å². The minimum absolute atomic E-state index is 0.120. The number of carbonyl (C=O) groups excluding carboxylic acids is 2. The number of sulfonamides is 1. The minimum atomic E-state index is -3.89. The number of nitrogens with zero attached hydrogens (tertiary/aromatic N) is 2. The molecule has 0 bridgehead atoms. The van der Waals surface area contributed by atoms with E-state index in [1.807, 2.05) is 24.3 Å². The fourth-order valence-electron chi connectivity index (χ4n) is 3.14. The van der Waals surface area contributed by atoms with E-state index in [-0.39, 0.29) is 28.9 Å². The highest BCUT2D eigenvalue weighted by atomic mass is 79.9. The number of nitrogens with one attached hydrogen (secondary N) is 1. The van der Waals surface area contributed by atoms with Gasteiger partial charge in [-0.15, -0.1) is 0 Å². The Kier molecular flexibility index (Phi) is 9.57. The van der Waals surface area contributed by atoms with Gasteiger partial charge in [0.05, 0.1) is 19.1 Å². The van der Waals surface area contributed by atoms with E-state index in [1.54, 1.807) is 19.9 Å². The largest absolute Gasteiger partial charge is 0.495 e. The molecule has 0 aliphatic rings. The fraction of sp³-hybridized carbons (Fsp3) is 0.364. The van der Waals surface area contributed by atoms with Crippen LogP contribution in [0.25, 0.3) is 0 Å². The molecule has 2 aromatic carbocycles. The molecular weight excluding hydrogens is 534 g/mol. The highest BCUT2D eigenvalue weighted by Gasteiger charge is 2.31. The number of hydrogen-bond acceptors (Lipinski definition) is 5. The van der Waals surface area contributed by atoms with E-state index >= 15 is 0 Å². The predicted molar refractivity (Wildman–Crippen MR) is 133 cm³/mol. The maximum Gasteiger partial charge on any atom is 0.244 e. The average Bonchev–Trinajstić information content (AvgIpc) is 2.75. The third kappa shape index (κ3) is 7.35. The third-order valence-electron chi connectivity index (χ3n) is 4.87. The van der Waals surface area contributed by atoms with Crippen LogP contribution in [0, 0.1) is 0 Å². The Morgan fingerprint density at radius 3 is 2.36 bits per heavy atom. The van der Waals surface area contributed by atoms with Gasteiger partial charge in [-0.2, -0.15) is 0 Å². The minimum Gasteiger partial charge on any atom is -0.495 e. The Balaban J connectivity index is 2.44. The fourth-order valence-corrected chi connectivity index (χ4v) is 4.42. The lowest BCUT2D eigenvalue weighted by molar-refractivity contribution is -0.139. The van der Waals surface area contributed by atoms with E-state index in [2.05, 4.69) is 21.2 Å². The number of hydrogen-bond donors (Lipinski definition) is 1. The van der Waals surface area contributed by atoms with Crippen LogP contribution < -0.4 is 14.4 Å². The standard InChI is InChI=1S/C22H27BrClN3O5S/c1-5-25-22(29)15(2)26(13-16-6-8-17(23)9-7-16)21(28)14-27(33(4,30)31)19-12-18(24)10-11-20(19)32-3/h6-12,15H,5,13-14H2,1-4H3,(H,25,29). The van der Waals surface area contributed by atoms with Gasteiger partial charge in [-0.3, -0.25) is 13.9 Å². The molecule has 0 saturated carbocycles. The van der Waals surface area contributed by atoms with Gasteiger partial charge >= 0.3 is 0 Å². The summed E-state index contributed by atoms with van der Waals surface area (Å²) in [5, 5.41) is 2.99. The van der Waals surface area contributed by atoms with Crippen LogP contribution in [0.15, 0.2) is 46.9 Å². The van der Waals surface area contributed by atoms with Gasteiger partial charge in [0.15, 0.2) is 0 Å².